The molecule has 2 N–H and O–H groups in total. The molecule has 0 amide bonds. The molecular formula is C18H30IN3O3S. The molecule has 1 atom stereocenters. The molecular weight excluding hydrogens is 465 g/mol. The van der Waals surface area contributed by atoms with E-state index in [0.29, 0.717) is 13.0 Å². The summed E-state index contributed by atoms with van der Waals surface area (Å²) >= 11 is 0. The van der Waals surface area contributed by atoms with E-state index in [2.05, 4.69) is 27.8 Å². The molecule has 1 aliphatic rings. The van der Waals surface area contributed by atoms with Crippen molar-refractivity contribution in [2.45, 2.75) is 39.2 Å². The standard InChI is InChI=1S/C18H29N3O3S.HI/c1-4-19-18(21-14(2)9-12-25(3,22)23)20-10-7-15-5-6-17-16(13-15)8-11-24-17;/h5-6,13-14H,4,7-12H2,1-3H3,(H2,19,20,21);1H. The lowest BCUT2D eigenvalue weighted by Crippen LogP contribution is -2.43. The van der Waals surface area contributed by atoms with E-state index in [-0.39, 0.29) is 35.8 Å². The number of nitrogens with one attached hydrogen (secondary N) is 2. The van der Waals surface area contributed by atoms with Crippen molar-refractivity contribution in [1.82, 2.24) is 10.6 Å². The summed E-state index contributed by atoms with van der Waals surface area (Å²) < 4.78 is 28.1. The normalized spacial score (nSPS) is 14.8. The highest BCUT2D eigenvalue weighted by Crippen LogP contribution is 2.25. The molecule has 1 heterocycles. The van der Waals surface area contributed by atoms with E-state index >= 15 is 0 Å². The molecule has 0 fully saturated rings. The van der Waals surface area contributed by atoms with Crippen molar-refractivity contribution >= 4 is 39.8 Å². The molecule has 0 bridgehead atoms. The molecule has 6 nitrogen and oxygen atoms in total. The number of guanidine groups is 1. The van der Waals surface area contributed by atoms with Crippen LogP contribution in [0.4, 0.5) is 0 Å². The first-order chi connectivity index (χ1) is 11.9. The van der Waals surface area contributed by atoms with Crippen LogP contribution in [-0.4, -0.2) is 52.1 Å². The van der Waals surface area contributed by atoms with Gasteiger partial charge < -0.3 is 15.4 Å². The Balaban J connectivity index is 0.00000338. The van der Waals surface area contributed by atoms with Crippen molar-refractivity contribution in [3.05, 3.63) is 29.3 Å². The lowest BCUT2D eigenvalue weighted by Gasteiger charge is -2.17. The molecule has 0 aliphatic carbocycles. The van der Waals surface area contributed by atoms with Gasteiger partial charge in [0.05, 0.1) is 12.4 Å². The average Bonchev–Trinajstić information content (AvgIpc) is 3.00. The number of fused-ring (bicyclic) bond motifs is 1. The highest BCUT2D eigenvalue weighted by molar-refractivity contribution is 14.0. The fraction of sp³-hybridized carbons (Fsp3) is 0.611. The van der Waals surface area contributed by atoms with Crippen LogP contribution in [0.1, 0.15) is 31.4 Å². The van der Waals surface area contributed by atoms with E-state index in [1.54, 1.807) is 0 Å². The summed E-state index contributed by atoms with van der Waals surface area (Å²) in [5.74, 6) is 1.91. The van der Waals surface area contributed by atoms with E-state index in [4.69, 9.17) is 4.74 Å². The Morgan fingerprint density at radius 3 is 2.85 bits per heavy atom. The van der Waals surface area contributed by atoms with Gasteiger partial charge in [0.1, 0.15) is 15.6 Å². The number of hydrogen-bond acceptors (Lipinski definition) is 4. The van der Waals surface area contributed by atoms with Gasteiger partial charge >= 0.3 is 0 Å². The van der Waals surface area contributed by atoms with Crippen molar-refractivity contribution in [2.24, 2.45) is 4.99 Å². The molecule has 0 aromatic heterocycles. The number of rotatable bonds is 8. The number of aliphatic imine (C=N–C) groups is 1. The van der Waals surface area contributed by atoms with E-state index in [1.165, 1.54) is 17.4 Å². The van der Waals surface area contributed by atoms with Crippen molar-refractivity contribution in [2.75, 3.05) is 31.7 Å². The van der Waals surface area contributed by atoms with Crippen molar-refractivity contribution in [3.8, 4) is 5.75 Å². The van der Waals surface area contributed by atoms with Gasteiger partial charge in [0.2, 0.25) is 0 Å². The molecule has 1 aliphatic heterocycles. The molecule has 0 radical (unpaired) electrons. The van der Waals surface area contributed by atoms with Crippen molar-refractivity contribution in [1.29, 1.82) is 0 Å². The summed E-state index contributed by atoms with van der Waals surface area (Å²) in [5, 5.41) is 6.48. The monoisotopic (exact) mass is 495 g/mol. The topological polar surface area (TPSA) is 79.8 Å². The van der Waals surface area contributed by atoms with Crippen LogP contribution < -0.4 is 15.4 Å². The minimum absolute atomic E-state index is 0. The van der Waals surface area contributed by atoms with Gasteiger partial charge in [0.25, 0.3) is 0 Å². The largest absolute Gasteiger partial charge is 0.493 e. The van der Waals surface area contributed by atoms with Crippen molar-refractivity contribution in [3.63, 3.8) is 0 Å². The Labute approximate surface area is 174 Å². The quantitative estimate of drug-likeness (QED) is 0.328. The number of nitrogens with zero attached hydrogens (tertiary/aromatic N) is 1. The van der Waals surface area contributed by atoms with Crippen LogP contribution in [0.3, 0.4) is 0 Å². The minimum Gasteiger partial charge on any atom is -0.493 e. The Bertz CT molecular complexity index is 708. The van der Waals surface area contributed by atoms with Crippen molar-refractivity contribution < 1.29 is 13.2 Å². The lowest BCUT2D eigenvalue weighted by atomic mass is 10.1. The fourth-order valence-electron chi connectivity index (χ4n) is 2.71. The fourth-order valence-corrected chi connectivity index (χ4v) is 3.49. The summed E-state index contributed by atoms with van der Waals surface area (Å²) in [7, 11) is -2.94. The predicted molar refractivity (Wildman–Crippen MR) is 118 cm³/mol. The van der Waals surface area contributed by atoms with Crippen LogP contribution in [-0.2, 0) is 22.7 Å². The number of hydrogen-bond donors (Lipinski definition) is 2. The van der Waals surface area contributed by atoms with Gasteiger partial charge in [0, 0.05) is 31.8 Å². The molecule has 0 saturated heterocycles. The van der Waals surface area contributed by atoms with Gasteiger partial charge in [-0.3, -0.25) is 4.99 Å². The Morgan fingerprint density at radius 1 is 1.38 bits per heavy atom. The van der Waals surface area contributed by atoms with E-state index in [1.807, 2.05) is 19.9 Å². The number of benzene rings is 1. The molecule has 0 spiro atoms. The zero-order valence-corrected chi connectivity index (χ0v) is 18.9. The van der Waals surface area contributed by atoms with Gasteiger partial charge in [-0.15, -0.1) is 24.0 Å². The summed E-state index contributed by atoms with van der Waals surface area (Å²) in [6, 6.07) is 6.38. The maximum atomic E-state index is 11.3. The van der Waals surface area contributed by atoms with Crippen LogP contribution in [0.5, 0.6) is 5.75 Å². The second-order valence-corrected chi connectivity index (χ2v) is 8.77. The first kappa shape index (κ1) is 23.0. The summed E-state index contributed by atoms with van der Waals surface area (Å²) in [6.45, 7) is 6.20. The molecule has 148 valence electrons. The molecule has 26 heavy (non-hydrogen) atoms. The van der Waals surface area contributed by atoms with E-state index in [0.717, 1.165) is 37.7 Å². The molecule has 1 unspecified atom stereocenters. The Kier molecular flexibility index (Phi) is 9.70. The molecule has 8 heteroatoms. The first-order valence-electron chi connectivity index (χ1n) is 8.84. The molecule has 2 rings (SSSR count). The van der Waals surface area contributed by atoms with Crippen LogP contribution in [0.15, 0.2) is 23.2 Å². The maximum Gasteiger partial charge on any atom is 0.191 e. The Morgan fingerprint density at radius 2 is 2.15 bits per heavy atom. The van der Waals surface area contributed by atoms with Gasteiger partial charge in [-0.1, -0.05) is 12.1 Å². The van der Waals surface area contributed by atoms with Crippen LogP contribution in [0, 0.1) is 0 Å². The molecule has 1 aromatic rings. The maximum absolute atomic E-state index is 11.3. The smallest absolute Gasteiger partial charge is 0.191 e. The highest BCUT2D eigenvalue weighted by Gasteiger charge is 2.12. The molecule has 1 aromatic carbocycles. The zero-order chi connectivity index (χ0) is 18.3. The van der Waals surface area contributed by atoms with Gasteiger partial charge in [-0.05, 0) is 43.9 Å². The third-order valence-electron chi connectivity index (χ3n) is 4.07. The van der Waals surface area contributed by atoms with Gasteiger partial charge in [-0.2, -0.15) is 0 Å². The number of halogens is 1. The predicted octanol–water partition coefficient (Wildman–Crippen LogP) is 2.16. The highest BCUT2D eigenvalue weighted by atomic mass is 127. The SMILES string of the molecule is CCNC(=NCCc1ccc2c(c1)CCO2)NC(C)CCS(C)(=O)=O.I. The summed E-state index contributed by atoms with van der Waals surface area (Å²) in [4.78, 5) is 4.60. The third-order valence-corrected chi connectivity index (χ3v) is 5.05. The van der Waals surface area contributed by atoms with Gasteiger partial charge in [-0.25, -0.2) is 8.42 Å². The summed E-state index contributed by atoms with van der Waals surface area (Å²) in [5.41, 5.74) is 2.54. The van der Waals surface area contributed by atoms with E-state index in [9.17, 15) is 8.42 Å². The van der Waals surface area contributed by atoms with Gasteiger partial charge in [0.15, 0.2) is 5.96 Å². The van der Waals surface area contributed by atoms with Crippen LogP contribution in [0.2, 0.25) is 0 Å². The number of sulfone groups is 1. The lowest BCUT2D eigenvalue weighted by molar-refractivity contribution is 0.357. The molecule has 0 saturated carbocycles. The van der Waals surface area contributed by atoms with Crippen LogP contribution in [0.25, 0.3) is 0 Å². The van der Waals surface area contributed by atoms with E-state index < -0.39 is 9.84 Å². The third kappa shape index (κ3) is 8.11. The second kappa shape index (κ2) is 11.0. The zero-order valence-electron chi connectivity index (χ0n) is 15.7. The average molecular weight is 495 g/mol. The number of ether oxygens (including phenoxy) is 1. The van der Waals surface area contributed by atoms with Crippen LogP contribution >= 0.6 is 24.0 Å². The summed E-state index contributed by atoms with van der Waals surface area (Å²) in [6.07, 6.45) is 3.67. The Hall–Kier alpha value is -1.03. The second-order valence-electron chi connectivity index (χ2n) is 6.52. The minimum atomic E-state index is -2.94. The first-order valence-corrected chi connectivity index (χ1v) is 10.9.